The Labute approximate surface area is 204 Å². The van der Waals surface area contributed by atoms with Crippen LogP contribution in [0, 0.1) is 6.92 Å². The molecular weight excluding hydrogens is 478 g/mol. The van der Waals surface area contributed by atoms with E-state index in [0.29, 0.717) is 52.7 Å². The predicted octanol–water partition coefficient (Wildman–Crippen LogP) is 3.90. The Morgan fingerprint density at radius 2 is 1.97 bits per heavy atom. The molecule has 0 aromatic carbocycles. The van der Waals surface area contributed by atoms with Crippen molar-refractivity contribution in [3.8, 4) is 11.3 Å². The van der Waals surface area contributed by atoms with E-state index in [4.69, 9.17) is 0 Å². The number of aromatic nitrogens is 6. The number of anilines is 2. The number of hydrogen-bond acceptors (Lipinski definition) is 7. The fraction of sp³-hybridized carbons (Fsp3) is 0.478. The van der Waals surface area contributed by atoms with Crippen LogP contribution >= 0.6 is 0 Å². The maximum absolute atomic E-state index is 14.7. The van der Waals surface area contributed by atoms with Crippen LogP contribution in [0.1, 0.15) is 19.2 Å². The summed E-state index contributed by atoms with van der Waals surface area (Å²) in [5.74, 6) is -1.97. The van der Waals surface area contributed by atoms with Crippen molar-refractivity contribution >= 4 is 28.4 Å². The zero-order valence-electron chi connectivity index (χ0n) is 20.1. The summed E-state index contributed by atoms with van der Waals surface area (Å²) in [6, 6.07) is 4.18. The van der Waals surface area contributed by atoms with E-state index in [1.807, 2.05) is 6.92 Å². The van der Waals surface area contributed by atoms with Crippen molar-refractivity contribution in [2.24, 2.45) is 0 Å². The third kappa shape index (κ3) is 4.31. The highest BCUT2D eigenvalue weighted by Crippen LogP contribution is 2.32. The number of fused-ring (bicyclic) bond motifs is 2. The van der Waals surface area contributed by atoms with Crippen LogP contribution in [0.4, 0.5) is 29.3 Å². The lowest BCUT2D eigenvalue weighted by Crippen LogP contribution is -2.54. The van der Waals surface area contributed by atoms with Crippen molar-refractivity contribution in [1.82, 2.24) is 34.0 Å². The third-order valence-electron chi connectivity index (χ3n) is 6.56. The molecule has 0 aliphatic carbocycles. The van der Waals surface area contributed by atoms with Crippen molar-refractivity contribution in [2.45, 2.75) is 45.2 Å². The molecule has 0 amide bonds. The molecule has 4 aromatic rings. The lowest BCUT2D eigenvalue weighted by atomic mass is 10.0. The van der Waals surface area contributed by atoms with Gasteiger partial charge in [0.25, 0.3) is 12.3 Å². The van der Waals surface area contributed by atoms with Gasteiger partial charge in [-0.25, -0.2) is 32.0 Å². The van der Waals surface area contributed by atoms with Gasteiger partial charge in [-0.15, -0.1) is 5.10 Å². The van der Waals surface area contributed by atoms with Gasteiger partial charge in [0.05, 0.1) is 24.8 Å². The van der Waals surface area contributed by atoms with Gasteiger partial charge in [-0.2, -0.15) is 4.98 Å². The molecule has 1 saturated heterocycles. The maximum atomic E-state index is 14.7. The number of piperidine rings is 1. The number of pyridine rings is 1. The Kier molecular flexibility index (Phi) is 6.18. The largest absolute Gasteiger partial charge is 0.371 e. The van der Waals surface area contributed by atoms with Gasteiger partial charge in [0.2, 0.25) is 5.95 Å². The SMILES string of the molecule is CCN1CC[C@H](Nc2nc(NC)c3c(-c4ccc5nc(C)n(CC(F)F)c5n4)ccn3n2)C(F)(F)C1. The molecular formula is C23H27F4N9. The fourth-order valence-electron chi connectivity index (χ4n) is 4.70. The van der Waals surface area contributed by atoms with Gasteiger partial charge in [0.1, 0.15) is 16.9 Å². The highest BCUT2D eigenvalue weighted by Gasteiger charge is 2.44. The average Bonchev–Trinajstić information content (AvgIpc) is 3.40. The van der Waals surface area contributed by atoms with Gasteiger partial charge in [0.15, 0.2) is 11.5 Å². The summed E-state index contributed by atoms with van der Waals surface area (Å²) in [7, 11) is 1.68. The van der Waals surface area contributed by atoms with Gasteiger partial charge in [-0.1, -0.05) is 6.92 Å². The van der Waals surface area contributed by atoms with E-state index in [1.165, 1.54) is 4.57 Å². The maximum Gasteiger partial charge on any atom is 0.280 e. The predicted molar refractivity (Wildman–Crippen MR) is 129 cm³/mol. The van der Waals surface area contributed by atoms with Crippen LogP contribution in [0.5, 0.6) is 0 Å². The molecule has 36 heavy (non-hydrogen) atoms. The molecule has 4 aromatic heterocycles. The molecule has 0 radical (unpaired) electrons. The smallest absolute Gasteiger partial charge is 0.280 e. The van der Waals surface area contributed by atoms with Crippen molar-refractivity contribution in [1.29, 1.82) is 0 Å². The number of hydrogen-bond donors (Lipinski definition) is 2. The van der Waals surface area contributed by atoms with E-state index >= 15 is 0 Å². The summed E-state index contributed by atoms with van der Waals surface area (Å²) in [6.07, 6.45) is -0.591. The van der Waals surface area contributed by atoms with E-state index in [2.05, 4.69) is 30.7 Å². The molecule has 9 nitrogen and oxygen atoms in total. The number of rotatable bonds is 7. The normalized spacial score (nSPS) is 18.4. The molecule has 5 heterocycles. The zero-order chi connectivity index (χ0) is 25.6. The standard InChI is InChI=1S/C23H27F4N9/c1-4-34-9-8-17(23(26,27)12-34)31-22-32-20(28-3)19-14(7-10-36(19)33-22)15-5-6-16-21(30-15)35(11-18(24)25)13(2)29-16/h5-7,10,17-18H,4,8-9,11-12H2,1-3H3,(H2,28,31,32,33)/t17-/m0/s1. The Morgan fingerprint density at radius 1 is 1.17 bits per heavy atom. The van der Waals surface area contributed by atoms with Crippen LogP contribution in [0.2, 0.25) is 0 Å². The minimum Gasteiger partial charge on any atom is -0.371 e. The number of alkyl halides is 4. The number of nitrogens with zero attached hydrogens (tertiary/aromatic N) is 7. The van der Waals surface area contributed by atoms with E-state index < -0.39 is 24.9 Å². The molecule has 13 heteroatoms. The van der Waals surface area contributed by atoms with Crippen LogP contribution in [-0.2, 0) is 6.54 Å². The minimum absolute atomic E-state index is 0.0812. The first-order valence-electron chi connectivity index (χ1n) is 11.8. The summed E-state index contributed by atoms with van der Waals surface area (Å²) < 4.78 is 58.6. The number of nitrogens with one attached hydrogen (secondary N) is 2. The lowest BCUT2D eigenvalue weighted by molar-refractivity contribution is -0.0726. The summed E-state index contributed by atoms with van der Waals surface area (Å²) in [4.78, 5) is 15.1. The van der Waals surface area contributed by atoms with Crippen molar-refractivity contribution < 1.29 is 17.6 Å². The average molecular weight is 506 g/mol. The summed E-state index contributed by atoms with van der Waals surface area (Å²) in [5, 5.41) is 10.2. The third-order valence-corrected chi connectivity index (χ3v) is 6.56. The Hall–Kier alpha value is -3.48. The Morgan fingerprint density at radius 3 is 2.67 bits per heavy atom. The van der Waals surface area contributed by atoms with Crippen molar-refractivity contribution in [3.05, 3.63) is 30.2 Å². The van der Waals surface area contributed by atoms with Crippen LogP contribution in [0.15, 0.2) is 24.4 Å². The first-order valence-corrected chi connectivity index (χ1v) is 11.8. The van der Waals surface area contributed by atoms with Crippen molar-refractivity contribution in [3.63, 3.8) is 0 Å². The van der Waals surface area contributed by atoms with E-state index in [9.17, 15) is 17.6 Å². The molecule has 1 aliphatic heterocycles. The molecule has 2 N–H and O–H groups in total. The minimum atomic E-state index is -2.92. The quantitative estimate of drug-likeness (QED) is 0.369. The van der Waals surface area contributed by atoms with Crippen molar-refractivity contribution in [2.75, 3.05) is 37.3 Å². The number of likely N-dealkylation sites (tertiary alicyclic amines) is 1. The highest BCUT2D eigenvalue weighted by atomic mass is 19.3. The molecule has 0 unspecified atom stereocenters. The second-order valence-electron chi connectivity index (χ2n) is 8.87. The van der Waals surface area contributed by atoms with Gasteiger partial charge in [-0.3, -0.25) is 4.90 Å². The molecule has 1 fully saturated rings. The van der Waals surface area contributed by atoms with Crippen LogP contribution in [0.25, 0.3) is 27.9 Å². The first kappa shape index (κ1) is 24.2. The second kappa shape index (κ2) is 9.19. The Bertz CT molecular complexity index is 1400. The molecule has 1 atom stereocenters. The summed E-state index contributed by atoms with van der Waals surface area (Å²) >= 11 is 0. The number of aryl methyl sites for hydroxylation is 1. The molecule has 192 valence electrons. The lowest BCUT2D eigenvalue weighted by Gasteiger charge is -2.38. The zero-order valence-corrected chi connectivity index (χ0v) is 20.1. The number of imidazole rings is 1. The monoisotopic (exact) mass is 505 g/mol. The summed E-state index contributed by atoms with van der Waals surface area (Å²) in [6.45, 7) is 3.85. The first-order chi connectivity index (χ1) is 17.2. The van der Waals surface area contributed by atoms with Crippen LogP contribution < -0.4 is 10.6 Å². The molecule has 0 saturated carbocycles. The Balaban J connectivity index is 1.51. The van der Waals surface area contributed by atoms with Gasteiger partial charge in [0, 0.05) is 25.4 Å². The van der Waals surface area contributed by atoms with Gasteiger partial charge >= 0.3 is 0 Å². The van der Waals surface area contributed by atoms with Crippen LogP contribution in [-0.4, -0.2) is 79.1 Å². The second-order valence-corrected chi connectivity index (χ2v) is 8.87. The van der Waals surface area contributed by atoms with E-state index in [1.54, 1.807) is 47.8 Å². The molecule has 0 bridgehead atoms. The molecule has 1 aliphatic rings. The topological polar surface area (TPSA) is 88.2 Å². The summed E-state index contributed by atoms with van der Waals surface area (Å²) in [5.41, 5.74) is 2.65. The van der Waals surface area contributed by atoms with Gasteiger partial charge in [-0.05, 0) is 38.1 Å². The van der Waals surface area contributed by atoms with E-state index in [-0.39, 0.29) is 18.9 Å². The molecule has 5 rings (SSSR count). The highest BCUT2D eigenvalue weighted by molar-refractivity contribution is 5.89. The van der Waals surface area contributed by atoms with E-state index in [0.717, 1.165) is 0 Å². The van der Waals surface area contributed by atoms with Gasteiger partial charge < -0.3 is 15.2 Å². The van der Waals surface area contributed by atoms with Crippen LogP contribution in [0.3, 0.4) is 0 Å². The molecule has 0 spiro atoms. The fourth-order valence-corrected chi connectivity index (χ4v) is 4.70. The number of halogens is 4.